The van der Waals surface area contributed by atoms with Gasteiger partial charge < -0.3 is 4.74 Å². The summed E-state index contributed by atoms with van der Waals surface area (Å²) in [6, 6.07) is 20.0. The molecule has 0 aliphatic rings. The number of benzene rings is 3. The molecule has 3 rings (SSSR count). The number of para-hydroxylation sites is 1. The van der Waals surface area contributed by atoms with Crippen LogP contribution in [0.15, 0.2) is 77.7 Å². The number of rotatable bonds is 7. The molecular weight excluding hydrogens is 522 g/mol. The van der Waals surface area contributed by atoms with Gasteiger partial charge >= 0.3 is 0 Å². The molecule has 0 unspecified atom stereocenters. The van der Waals surface area contributed by atoms with Crippen LogP contribution in [0.25, 0.3) is 0 Å². The zero-order chi connectivity index (χ0) is 21.0. The third-order valence-electron chi connectivity index (χ3n) is 4.08. The molecule has 0 aliphatic heterocycles. The zero-order valence-electron chi connectivity index (χ0n) is 15.3. The minimum absolute atomic E-state index is 0.107. The fourth-order valence-corrected chi connectivity index (χ4v) is 4.11. The highest BCUT2D eigenvalue weighted by Crippen LogP contribution is 2.26. The standard InChI is InChI=1S/C21H17Br2NO4S/c1-14-4-2-3-5-19(14)28-17-10-12-18(13-11-17)29(26,27)24-16-8-6-15(7-9-16)20(25)21(22)23/h2-13,21,24H,1H3. The van der Waals surface area contributed by atoms with Gasteiger partial charge in [0.2, 0.25) is 0 Å². The molecule has 3 aromatic rings. The van der Waals surface area contributed by atoms with Gasteiger partial charge in [-0.1, -0.05) is 50.1 Å². The Morgan fingerprint density at radius 2 is 1.55 bits per heavy atom. The molecule has 0 heterocycles. The Morgan fingerprint density at radius 3 is 2.14 bits per heavy atom. The fraction of sp³-hybridized carbons (Fsp3) is 0.0952. The predicted octanol–water partition coefficient (Wildman–Crippen LogP) is 5.89. The number of nitrogens with one attached hydrogen (secondary N) is 1. The van der Waals surface area contributed by atoms with E-state index in [-0.39, 0.29) is 10.7 Å². The highest BCUT2D eigenvalue weighted by molar-refractivity contribution is 9.25. The van der Waals surface area contributed by atoms with E-state index in [0.29, 0.717) is 22.7 Å². The molecule has 0 saturated carbocycles. The highest BCUT2D eigenvalue weighted by atomic mass is 79.9. The van der Waals surface area contributed by atoms with Crippen LogP contribution in [0.4, 0.5) is 5.69 Å². The number of carbonyl (C=O) groups is 1. The molecule has 8 heteroatoms. The summed E-state index contributed by atoms with van der Waals surface area (Å²) in [4.78, 5) is 12.0. The van der Waals surface area contributed by atoms with E-state index < -0.39 is 13.8 Å². The highest BCUT2D eigenvalue weighted by Gasteiger charge is 2.16. The molecule has 0 bridgehead atoms. The molecule has 29 heavy (non-hydrogen) atoms. The minimum atomic E-state index is -3.77. The second-order valence-corrected chi connectivity index (χ2v) is 10.9. The topological polar surface area (TPSA) is 72.5 Å². The van der Waals surface area contributed by atoms with Crippen molar-refractivity contribution in [1.82, 2.24) is 0 Å². The smallest absolute Gasteiger partial charge is 0.261 e. The minimum Gasteiger partial charge on any atom is -0.457 e. The van der Waals surface area contributed by atoms with Crippen LogP contribution in [0.1, 0.15) is 15.9 Å². The lowest BCUT2D eigenvalue weighted by Gasteiger charge is -2.11. The van der Waals surface area contributed by atoms with Gasteiger partial charge in [0, 0.05) is 11.3 Å². The van der Waals surface area contributed by atoms with Crippen LogP contribution in [0, 0.1) is 6.92 Å². The molecule has 5 nitrogen and oxygen atoms in total. The lowest BCUT2D eigenvalue weighted by atomic mass is 10.1. The Kier molecular flexibility index (Phi) is 6.77. The van der Waals surface area contributed by atoms with Gasteiger partial charge in [-0.15, -0.1) is 0 Å². The molecule has 1 N–H and O–H groups in total. The van der Waals surface area contributed by atoms with E-state index in [2.05, 4.69) is 36.6 Å². The summed E-state index contributed by atoms with van der Waals surface area (Å²) in [5.74, 6) is 1.11. The number of anilines is 1. The first kappa shape index (κ1) is 21.5. The summed E-state index contributed by atoms with van der Waals surface area (Å²) >= 11 is 6.30. The van der Waals surface area contributed by atoms with Gasteiger partial charge in [-0.25, -0.2) is 8.42 Å². The van der Waals surface area contributed by atoms with Crippen molar-refractivity contribution in [3.63, 3.8) is 0 Å². The number of Topliss-reactive ketones (excluding diaryl/α,β-unsaturated/α-hetero) is 1. The molecule has 0 aliphatic carbocycles. The Labute approximate surface area is 186 Å². The number of hydrogen-bond donors (Lipinski definition) is 1. The number of ether oxygens (including phenoxy) is 1. The Bertz CT molecular complexity index is 1110. The van der Waals surface area contributed by atoms with Crippen LogP contribution in [0.3, 0.4) is 0 Å². The summed E-state index contributed by atoms with van der Waals surface area (Å²) in [5, 5.41) is 0. The Morgan fingerprint density at radius 1 is 0.931 bits per heavy atom. The average molecular weight is 539 g/mol. The maximum Gasteiger partial charge on any atom is 0.261 e. The van der Waals surface area contributed by atoms with Gasteiger partial charge in [0.05, 0.1) is 4.90 Å². The van der Waals surface area contributed by atoms with Crippen LogP contribution in [-0.2, 0) is 10.0 Å². The first-order valence-corrected chi connectivity index (χ1v) is 11.9. The maximum absolute atomic E-state index is 12.6. The molecule has 0 aromatic heterocycles. The van der Waals surface area contributed by atoms with Crippen LogP contribution in [0.2, 0.25) is 0 Å². The van der Waals surface area contributed by atoms with Gasteiger partial charge in [0.1, 0.15) is 15.2 Å². The van der Waals surface area contributed by atoms with Crippen LogP contribution in [0.5, 0.6) is 11.5 Å². The predicted molar refractivity (Wildman–Crippen MR) is 121 cm³/mol. The normalized spacial score (nSPS) is 11.3. The Hall–Kier alpha value is -2.16. The molecule has 150 valence electrons. The fourth-order valence-electron chi connectivity index (χ4n) is 2.53. The van der Waals surface area contributed by atoms with Gasteiger partial charge in [0.25, 0.3) is 10.0 Å². The summed E-state index contributed by atoms with van der Waals surface area (Å²) in [7, 11) is -3.77. The number of alkyl halides is 2. The molecule has 0 saturated heterocycles. The van der Waals surface area contributed by atoms with Crippen molar-refractivity contribution in [2.75, 3.05) is 4.72 Å². The number of sulfonamides is 1. The zero-order valence-corrected chi connectivity index (χ0v) is 19.3. The van der Waals surface area contributed by atoms with Crippen molar-refractivity contribution in [1.29, 1.82) is 0 Å². The Balaban J connectivity index is 1.72. The van der Waals surface area contributed by atoms with Gasteiger partial charge in [-0.3, -0.25) is 9.52 Å². The number of hydrogen-bond acceptors (Lipinski definition) is 4. The molecule has 0 spiro atoms. The van der Waals surface area contributed by atoms with E-state index in [1.807, 2.05) is 31.2 Å². The van der Waals surface area contributed by atoms with Crippen molar-refractivity contribution >= 4 is 53.4 Å². The van der Waals surface area contributed by atoms with E-state index in [9.17, 15) is 13.2 Å². The van der Waals surface area contributed by atoms with Crippen molar-refractivity contribution in [3.05, 3.63) is 83.9 Å². The van der Waals surface area contributed by atoms with Gasteiger partial charge in [-0.05, 0) is 67.1 Å². The van der Waals surface area contributed by atoms with Crippen LogP contribution >= 0.6 is 31.9 Å². The van der Waals surface area contributed by atoms with Crippen molar-refractivity contribution in [2.24, 2.45) is 0 Å². The van der Waals surface area contributed by atoms with E-state index in [4.69, 9.17) is 4.74 Å². The van der Waals surface area contributed by atoms with Crippen molar-refractivity contribution in [2.45, 2.75) is 15.6 Å². The second-order valence-electron chi connectivity index (χ2n) is 6.19. The van der Waals surface area contributed by atoms with Crippen LogP contribution < -0.4 is 9.46 Å². The maximum atomic E-state index is 12.6. The first-order chi connectivity index (χ1) is 13.8. The molecule has 3 aromatic carbocycles. The molecule has 0 atom stereocenters. The molecule has 0 fully saturated rings. The van der Waals surface area contributed by atoms with Crippen molar-refractivity contribution in [3.8, 4) is 11.5 Å². The van der Waals surface area contributed by atoms with E-state index >= 15 is 0 Å². The third kappa shape index (κ3) is 5.46. The summed E-state index contributed by atoms with van der Waals surface area (Å²) in [6.07, 6.45) is 0. The summed E-state index contributed by atoms with van der Waals surface area (Å²) in [5.41, 5.74) is 1.81. The SMILES string of the molecule is Cc1ccccc1Oc1ccc(S(=O)(=O)Nc2ccc(C(=O)C(Br)Br)cc2)cc1. The van der Waals surface area contributed by atoms with E-state index in [1.165, 1.54) is 12.1 Å². The summed E-state index contributed by atoms with van der Waals surface area (Å²) in [6.45, 7) is 1.94. The molecule has 0 amide bonds. The lowest BCUT2D eigenvalue weighted by molar-refractivity contribution is 0.101. The van der Waals surface area contributed by atoms with Crippen LogP contribution in [-0.4, -0.2) is 17.9 Å². The van der Waals surface area contributed by atoms with Gasteiger partial charge in [0.15, 0.2) is 5.78 Å². The third-order valence-corrected chi connectivity index (χ3v) is 6.30. The number of aryl methyl sites for hydroxylation is 1. The number of ketones is 1. The largest absolute Gasteiger partial charge is 0.457 e. The number of carbonyl (C=O) groups excluding carboxylic acids is 1. The van der Waals surface area contributed by atoms with E-state index in [1.54, 1.807) is 36.4 Å². The molecule has 0 radical (unpaired) electrons. The lowest BCUT2D eigenvalue weighted by Crippen LogP contribution is -2.13. The molecular formula is C21H17Br2NO4S. The quantitative estimate of drug-likeness (QED) is 0.301. The first-order valence-electron chi connectivity index (χ1n) is 8.55. The summed E-state index contributed by atoms with van der Waals surface area (Å²) < 4.78 is 33.0. The van der Waals surface area contributed by atoms with E-state index in [0.717, 1.165) is 5.56 Å². The average Bonchev–Trinajstić information content (AvgIpc) is 2.70. The van der Waals surface area contributed by atoms with Crippen molar-refractivity contribution < 1.29 is 17.9 Å². The number of halogens is 2. The van der Waals surface area contributed by atoms with Gasteiger partial charge in [-0.2, -0.15) is 0 Å². The second kappa shape index (κ2) is 9.11. The monoisotopic (exact) mass is 537 g/mol.